The summed E-state index contributed by atoms with van der Waals surface area (Å²) in [6.07, 6.45) is 2.59. The van der Waals surface area contributed by atoms with Crippen LogP contribution in [0.15, 0.2) is 65.7 Å². The molecule has 0 aliphatic rings. The lowest BCUT2D eigenvalue weighted by Gasteiger charge is -2.20. The molecule has 0 saturated heterocycles. The fraction of sp³-hybridized carbons (Fsp3) is 0.167. The van der Waals surface area contributed by atoms with Gasteiger partial charge in [0.25, 0.3) is 5.91 Å². The van der Waals surface area contributed by atoms with E-state index in [0.717, 1.165) is 4.90 Å². The van der Waals surface area contributed by atoms with Crippen molar-refractivity contribution in [3.8, 4) is 6.07 Å². The van der Waals surface area contributed by atoms with Crippen LogP contribution in [0.2, 0.25) is 0 Å². The maximum absolute atomic E-state index is 12.2. The van der Waals surface area contributed by atoms with Gasteiger partial charge in [0.2, 0.25) is 10.0 Å². The van der Waals surface area contributed by atoms with Crippen LogP contribution in [0.3, 0.4) is 0 Å². The summed E-state index contributed by atoms with van der Waals surface area (Å²) in [5.41, 5.74) is 0.533. The molecular weight excluding hydrogens is 370 g/mol. The predicted molar refractivity (Wildman–Crippen MR) is 102 cm³/mol. The summed E-state index contributed by atoms with van der Waals surface area (Å²) in [4.78, 5) is 24.4. The summed E-state index contributed by atoms with van der Waals surface area (Å²) < 4.78 is 22.5. The van der Waals surface area contributed by atoms with Crippen molar-refractivity contribution < 1.29 is 23.1 Å². The number of nitrogens with zero attached hydrogens (tertiary/aromatic N) is 2. The second kappa shape index (κ2) is 10.7. The molecule has 0 atom stereocenters. The van der Waals surface area contributed by atoms with Crippen LogP contribution in [0.4, 0.5) is 5.69 Å². The third-order valence-corrected chi connectivity index (χ3v) is 3.99. The average Bonchev–Trinajstić information content (AvgIpc) is 2.61. The lowest BCUT2D eigenvalue weighted by Crippen LogP contribution is -2.27. The number of carboxylic acid groups (broad SMARTS) is 1. The third kappa shape index (κ3) is 7.68. The quantitative estimate of drug-likeness (QED) is 0.563. The highest BCUT2D eigenvalue weighted by Gasteiger charge is 2.18. The Morgan fingerprint density at radius 3 is 2.11 bits per heavy atom. The summed E-state index contributed by atoms with van der Waals surface area (Å²) >= 11 is 0. The first kappa shape index (κ1) is 23.8. The van der Waals surface area contributed by atoms with Crippen LogP contribution in [-0.2, 0) is 19.6 Å². The molecule has 9 heteroatoms. The number of nitrogens with two attached hydrogens (primary N) is 1. The Balaban J connectivity index is 0.00000153. The first-order valence-electron chi connectivity index (χ1n) is 7.56. The van der Waals surface area contributed by atoms with Crippen LogP contribution in [0, 0.1) is 11.3 Å². The highest BCUT2D eigenvalue weighted by Crippen LogP contribution is 2.21. The molecule has 0 spiro atoms. The van der Waals surface area contributed by atoms with Gasteiger partial charge in [0, 0.05) is 23.5 Å². The van der Waals surface area contributed by atoms with E-state index in [1.54, 1.807) is 13.0 Å². The summed E-state index contributed by atoms with van der Waals surface area (Å²) in [6, 6.07) is 6.91. The van der Waals surface area contributed by atoms with Crippen LogP contribution in [0.25, 0.3) is 0 Å². The number of primary sulfonamides is 1. The molecule has 8 nitrogen and oxygen atoms in total. The Morgan fingerprint density at radius 1 is 1.33 bits per heavy atom. The van der Waals surface area contributed by atoms with Crippen molar-refractivity contribution >= 4 is 27.6 Å². The molecule has 144 valence electrons. The van der Waals surface area contributed by atoms with E-state index in [1.165, 1.54) is 43.5 Å². The topological polar surface area (TPSA) is 142 Å². The van der Waals surface area contributed by atoms with Gasteiger partial charge >= 0.3 is 5.97 Å². The summed E-state index contributed by atoms with van der Waals surface area (Å²) in [6.45, 7) is 9.81. The van der Waals surface area contributed by atoms with Crippen LogP contribution in [0.1, 0.15) is 20.3 Å². The normalized spacial score (nSPS) is 10.7. The molecule has 1 aromatic carbocycles. The highest BCUT2D eigenvalue weighted by atomic mass is 32.2. The molecule has 0 aliphatic carbocycles. The minimum absolute atomic E-state index is 0.0233. The highest BCUT2D eigenvalue weighted by molar-refractivity contribution is 7.89. The van der Waals surface area contributed by atoms with E-state index in [0.29, 0.717) is 5.69 Å². The molecule has 0 heterocycles. The number of aliphatic carboxylic acids is 1. The fourth-order valence-electron chi connectivity index (χ4n) is 1.71. The van der Waals surface area contributed by atoms with Gasteiger partial charge < -0.3 is 5.11 Å². The van der Waals surface area contributed by atoms with E-state index in [1.807, 2.05) is 0 Å². The fourth-order valence-corrected chi connectivity index (χ4v) is 2.22. The number of hydrogen-bond acceptors (Lipinski definition) is 5. The number of allylic oxidation sites excluding steroid dienone is 1. The second-order valence-electron chi connectivity index (χ2n) is 5.14. The van der Waals surface area contributed by atoms with Gasteiger partial charge in [0.05, 0.1) is 16.5 Å². The van der Waals surface area contributed by atoms with Gasteiger partial charge in [-0.25, -0.2) is 18.4 Å². The van der Waals surface area contributed by atoms with E-state index in [9.17, 15) is 18.0 Å². The number of nitriles is 1. The molecule has 0 aromatic heterocycles. The average molecular weight is 391 g/mol. The Morgan fingerprint density at radius 2 is 1.81 bits per heavy atom. The van der Waals surface area contributed by atoms with Crippen LogP contribution in [-0.4, -0.2) is 25.4 Å². The van der Waals surface area contributed by atoms with Gasteiger partial charge in [0.1, 0.15) is 0 Å². The third-order valence-electron chi connectivity index (χ3n) is 3.06. The SMILES string of the molecule is C=C(C)C(=O)N(C=C(CC)C(=O)O)c1ccc(S(N)(=O)=O)cc1.C=CC#N. The van der Waals surface area contributed by atoms with Gasteiger partial charge in [-0.3, -0.25) is 9.69 Å². The van der Waals surface area contributed by atoms with Crippen LogP contribution < -0.4 is 10.0 Å². The number of hydrogen-bond donors (Lipinski definition) is 2. The molecular formula is C18H21N3O5S. The Kier molecular flexibility index (Phi) is 9.42. The minimum Gasteiger partial charge on any atom is -0.478 e. The molecule has 1 aromatic rings. The molecule has 0 radical (unpaired) electrons. The van der Waals surface area contributed by atoms with Crippen LogP contribution >= 0.6 is 0 Å². The van der Waals surface area contributed by atoms with E-state index < -0.39 is 21.9 Å². The lowest BCUT2D eigenvalue weighted by molar-refractivity contribution is -0.132. The number of benzene rings is 1. The van der Waals surface area contributed by atoms with Crippen molar-refractivity contribution in [1.82, 2.24) is 0 Å². The molecule has 0 bridgehead atoms. The molecule has 1 amide bonds. The predicted octanol–water partition coefficient (Wildman–Crippen LogP) is 2.32. The zero-order valence-corrected chi connectivity index (χ0v) is 15.9. The maximum Gasteiger partial charge on any atom is 0.333 e. The van der Waals surface area contributed by atoms with Gasteiger partial charge in [-0.2, -0.15) is 5.26 Å². The zero-order valence-electron chi connectivity index (χ0n) is 15.0. The molecule has 0 fully saturated rings. The Bertz CT molecular complexity index is 894. The van der Waals surface area contributed by atoms with Gasteiger partial charge in [-0.1, -0.05) is 20.1 Å². The number of amides is 1. The number of sulfonamides is 1. The van der Waals surface area contributed by atoms with Crippen molar-refractivity contribution in [2.24, 2.45) is 5.14 Å². The molecule has 0 saturated carbocycles. The molecule has 27 heavy (non-hydrogen) atoms. The van der Waals surface area contributed by atoms with Crippen molar-refractivity contribution in [1.29, 1.82) is 5.26 Å². The lowest BCUT2D eigenvalue weighted by atomic mass is 10.2. The number of carboxylic acids is 1. The second-order valence-corrected chi connectivity index (χ2v) is 6.70. The van der Waals surface area contributed by atoms with Gasteiger partial charge in [-0.05, 0) is 37.6 Å². The Hall–Kier alpha value is -3.22. The standard InChI is InChI=1S/C15H18N2O5S.C3H3N/c1-4-11(15(19)20)9-17(14(18)10(2)3)12-5-7-13(8-6-12)23(16,21)22;1-2-3-4/h5-9H,2,4H2,1,3H3,(H,19,20)(H2,16,21,22);2H,1H2. The van der Waals surface area contributed by atoms with E-state index >= 15 is 0 Å². The van der Waals surface area contributed by atoms with Gasteiger partial charge in [-0.15, -0.1) is 0 Å². The van der Waals surface area contributed by atoms with E-state index in [4.69, 9.17) is 15.5 Å². The minimum atomic E-state index is -3.85. The molecule has 0 unspecified atom stereocenters. The van der Waals surface area contributed by atoms with Gasteiger partial charge in [0.15, 0.2) is 0 Å². The zero-order chi connectivity index (χ0) is 21.2. The van der Waals surface area contributed by atoms with Crippen molar-refractivity contribution in [3.63, 3.8) is 0 Å². The van der Waals surface area contributed by atoms with Crippen molar-refractivity contribution in [2.45, 2.75) is 25.2 Å². The summed E-state index contributed by atoms with van der Waals surface area (Å²) in [5, 5.41) is 21.6. The number of carbonyl (C=O) groups excluding carboxylic acids is 1. The first-order chi connectivity index (χ1) is 12.5. The monoisotopic (exact) mass is 391 g/mol. The van der Waals surface area contributed by atoms with Crippen molar-refractivity contribution in [3.05, 3.63) is 60.8 Å². The van der Waals surface area contributed by atoms with E-state index in [2.05, 4.69) is 13.2 Å². The number of rotatable bonds is 6. The number of anilines is 1. The summed E-state index contributed by atoms with van der Waals surface area (Å²) in [5.74, 6) is -1.64. The number of carbonyl (C=O) groups is 2. The molecule has 3 N–H and O–H groups in total. The smallest absolute Gasteiger partial charge is 0.333 e. The molecule has 0 aliphatic heterocycles. The van der Waals surface area contributed by atoms with E-state index in [-0.39, 0.29) is 22.5 Å². The summed E-state index contributed by atoms with van der Waals surface area (Å²) in [7, 11) is -3.85. The first-order valence-corrected chi connectivity index (χ1v) is 9.10. The maximum atomic E-state index is 12.2. The van der Waals surface area contributed by atoms with Crippen LogP contribution in [0.5, 0.6) is 0 Å². The molecule has 1 rings (SSSR count). The largest absolute Gasteiger partial charge is 0.478 e. The Labute approximate surface area is 158 Å². The van der Waals surface area contributed by atoms with Crippen molar-refractivity contribution in [2.75, 3.05) is 4.90 Å².